The normalized spacial score (nSPS) is 15.7. The van der Waals surface area contributed by atoms with Crippen LogP contribution in [0.5, 0.6) is 0 Å². The van der Waals surface area contributed by atoms with E-state index in [0.29, 0.717) is 0 Å². The molecule has 0 saturated carbocycles. The fourth-order valence-electron chi connectivity index (χ4n) is 1.46. The maximum atomic E-state index is 13.2. The summed E-state index contributed by atoms with van der Waals surface area (Å²) in [4.78, 5) is 22.1. The Morgan fingerprint density at radius 2 is 1.59 bits per heavy atom. The van der Waals surface area contributed by atoms with Crippen LogP contribution in [0, 0.1) is 0 Å². The Bertz CT molecular complexity index is 692. The molecule has 0 aliphatic heterocycles. The van der Waals surface area contributed by atoms with E-state index < -0.39 is 64.6 Å². The molecule has 0 radical (unpaired) electrons. The van der Waals surface area contributed by atoms with Crippen LogP contribution < -0.4 is 5.73 Å². The van der Waals surface area contributed by atoms with Crippen molar-refractivity contribution in [1.82, 2.24) is 0 Å². The Labute approximate surface area is 146 Å². The van der Waals surface area contributed by atoms with Crippen molar-refractivity contribution in [2.24, 2.45) is 5.73 Å². The van der Waals surface area contributed by atoms with Crippen LogP contribution >= 0.6 is 0 Å². The predicted molar refractivity (Wildman–Crippen MR) is 70.9 cm³/mol. The summed E-state index contributed by atoms with van der Waals surface area (Å²) in [6.45, 7) is 1.20. The third-order valence-electron chi connectivity index (χ3n) is 2.80. The van der Waals surface area contributed by atoms with Crippen LogP contribution in [0.15, 0.2) is 12.7 Å². The second kappa shape index (κ2) is 7.97. The molecular weight excluding hydrogens is 423 g/mol. The molecule has 1 atom stereocenters. The summed E-state index contributed by atoms with van der Waals surface area (Å²) >= 11 is 0. The van der Waals surface area contributed by atoms with Gasteiger partial charge in [-0.1, -0.05) is 6.58 Å². The average molecular weight is 435 g/mol. The number of esters is 1. The highest BCUT2D eigenvalue weighted by atomic mass is 32.2. The minimum atomic E-state index is -6.54. The molecule has 0 aromatic heterocycles. The van der Waals surface area contributed by atoms with Crippen molar-refractivity contribution in [3.63, 3.8) is 0 Å². The fourth-order valence-corrected chi connectivity index (χ4v) is 1.94. The van der Waals surface area contributed by atoms with Crippen molar-refractivity contribution in [2.45, 2.75) is 36.0 Å². The van der Waals surface area contributed by atoms with Crippen LogP contribution in [0.4, 0.5) is 30.7 Å². The smallest absolute Gasteiger partial charge is 0.412 e. The van der Waals surface area contributed by atoms with Crippen molar-refractivity contribution in [3.05, 3.63) is 12.7 Å². The first kappa shape index (κ1) is 25.1. The summed E-state index contributed by atoms with van der Waals surface area (Å²) in [7, 11) is -6.54. The highest BCUT2D eigenvalue weighted by Gasteiger charge is 2.66. The molecule has 0 fully saturated rings. The highest BCUT2D eigenvalue weighted by molar-refractivity contribution is 7.87. The second-order valence-corrected chi connectivity index (χ2v) is 6.21. The SMILES string of the molecule is C=CC(=O)OC(OCCCC(F)(F)C(F)(F)S(=O)(=O)O)(C(N)=O)C(F)(F)F. The minimum absolute atomic E-state index is 0.188. The largest absolute Gasteiger partial charge is 0.466 e. The zero-order chi connectivity index (χ0) is 21.9. The van der Waals surface area contributed by atoms with E-state index in [1.165, 1.54) is 0 Å². The number of hydrogen-bond donors (Lipinski definition) is 2. The zero-order valence-electron chi connectivity index (χ0n) is 12.9. The third kappa shape index (κ3) is 5.29. The van der Waals surface area contributed by atoms with Gasteiger partial charge in [-0.2, -0.15) is 39.2 Å². The molecule has 0 bridgehead atoms. The maximum Gasteiger partial charge on any atom is 0.466 e. The van der Waals surface area contributed by atoms with Crippen LogP contribution in [-0.2, 0) is 29.2 Å². The second-order valence-electron chi connectivity index (χ2n) is 4.75. The number of hydrogen-bond acceptors (Lipinski definition) is 6. The van der Waals surface area contributed by atoms with Crippen molar-refractivity contribution in [1.29, 1.82) is 0 Å². The molecule has 3 N–H and O–H groups in total. The first-order chi connectivity index (χ1) is 11.9. The van der Waals surface area contributed by atoms with Crippen LogP contribution in [0.1, 0.15) is 12.8 Å². The van der Waals surface area contributed by atoms with E-state index in [4.69, 9.17) is 4.55 Å². The Morgan fingerprint density at radius 3 is 1.93 bits per heavy atom. The highest BCUT2D eigenvalue weighted by Crippen LogP contribution is 2.42. The lowest BCUT2D eigenvalue weighted by molar-refractivity contribution is -0.346. The number of amides is 1. The summed E-state index contributed by atoms with van der Waals surface area (Å²) < 4.78 is 128. The fraction of sp³-hybridized carbons (Fsp3) is 0.636. The van der Waals surface area contributed by atoms with Gasteiger partial charge in [0.05, 0.1) is 6.61 Å². The van der Waals surface area contributed by atoms with Crippen molar-refractivity contribution in [3.8, 4) is 0 Å². The zero-order valence-corrected chi connectivity index (χ0v) is 13.8. The van der Waals surface area contributed by atoms with Crippen LogP contribution in [0.3, 0.4) is 0 Å². The van der Waals surface area contributed by atoms with E-state index in [-0.39, 0.29) is 6.08 Å². The summed E-state index contributed by atoms with van der Waals surface area (Å²) in [6, 6.07) is 0. The molecule has 1 unspecified atom stereocenters. The maximum absolute atomic E-state index is 13.2. The lowest BCUT2D eigenvalue weighted by atomic mass is 10.2. The van der Waals surface area contributed by atoms with Crippen molar-refractivity contribution < 1.29 is 62.8 Å². The van der Waals surface area contributed by atoms with Crippen LogP contribution in [0.25, 0.3) is 0 Å². The lowest BCUT2D eigenvalue weighted by Crippen LogP contribution is -2.60. The minimum Gasteiger partial charge on any atom is -0.412 e. The number of primary amides is 1. The van der Waals surface area contributed by atoms with Gasteiger partial charge in [-0.25, -0.2) is 4.79 Å². The summed E-state index contributed by atoms with van der Waals surface area (Å²) in [5.74, 6) is -14.1. The van der Waals surface area contributed by atoms with Crippen LogP contribution in [-0.4, -0.2) is 54.6 Å². The van der Waals surface area contributed by atoms with Crippen LogP contribution in [0.2, 0.25) is 0 Å². The Hall–Kier alpha value is -1.94. The number of rotatable bonds is 10. The Kier molecular flexibility index (Phi) is 7.40. The molecule has 0 rings (SSSR count). The molecule has 16 heteroatoms. The van der Waals surface area contributed by atoms with E-state index >= 15 is 0 Å². The summed E-state index contributed by atoms with van der Waals surface area (Å²) in [5, 5.41) is -5.94. The van der Waals surface area contributed by atoms with E-state index in [2.05, 4.69) is 21.8 Å². The first-order valence-electron chi connectivity index (χ1n) is 6.44. The standard InChI is InChI=1S/C11H12F7NO7S/c1-2-6(20)26-9(7(19)21,10(14,15)16)25-5-3-4-8(12,13)11(17,18)27(22,23)24/h2H,1,3-5H2,(H2,19,21)(H,22,23,24). The van der Waals surface area contributed by atoms with E-state index in [0.717, 1.165) is 0 Å². The molecule has 27 heavy (non-hydrogen) atoms. The van der Waals surface area contributed by atoms with Gasteiger partial charge in [0.2, 0.25) is 0 Å². The molecule has 158 valence electrons. The molecule has 0 aliphatic rings. The summed E-state index contributed by atoms with van der Waals surface area (Å²) in [6.07, 6.45) is -9.09. The molecule has 0 aromatic carbocycles. The quantitative estimate of drug-likeness (QED) is 0.132. The van der Waals surface area contributed by atoms with Gasteiger partial charge < -0.3 is 15.2 Å². The lowest BCUT2D eigenvalue weighted by Gasteiger charge is -2.31. The van der Waals surface area contributed by atoms with E-state index in [1.807, 2.05) is 0 Å². The topological polar surface area (TPSA) is 133 Å². The molecule has 0 heterocycles. The number of halogens is 7. The molecular formula is C11H12F7NO7S. The molecule has 0 aromatic rings. The predicted octanol–water partition coefficient (Wildman–Crippen LogP) is 1.37. The first-order valence-corrected chi connectivity index (χ1v) is 7.88. The molecule has 0 aliphatic carbocycles. The Morgan fingerprint density at radius 1 is 1.11 bits per heavy atom. The molecule has 0 spiro atoms. The number of carbonyl (C=O) groups is 2. The van der Waals surface area contributed by atoms with Gasteiger partial charge in [0, 0.05) is 12.5 Å². The molecule has 0 saturated heterocycles. The monoisotopic (exact) mass is 435 g/mol. The van der Waals surface area contributed by atoms with Gasteiger partial charge in [0.1, 0.15) is 0 Å². The van der Waals surface area contributed by atoms with Gasteiger partial charge in [-0.15, -0.1) is 0 Å². The summed E-state index contributed by atoms with van der Waals surface area (Å²) in [5.41, 5.74) is 4.48. The number of nitrogens with two attached hydrogens (primary N) is 1. The number of alkyl halides is 7. The van der Waals surface area contributed by atoms with Gasteiger partial charge in [-0.05, 0) is 6.42 Å². The van der Waals surface area contributed by atoms with Gasteiger partial charge in [0.15, 0.2) is 0 Å². The van der Waals surface area contributed by atoms with Gasteiger partial charge >= 0.3 is 45.1 Å². The van der Waals surface area contributed by atoms with E-state index in [9.17, 15) is 48.7 Å². The van der Waals surface area contributed by atoms with Gasteiger partial charge in [0.25, 0.3) is 0 Å². The number of ether oxygens (including phenoxy) is 2. The third-order valence-corrected chi connectivity index (χ3v) is 3.75. The average Bonchev–Trinajstić information content (AvgIpc) is 2.47. The molecule has 8 nitrogen and oxygen atoms in total. The van der Waals surface area contributed by atoms with Gasteiger partial charge in [-0.3, -0.25) is 9.35 Å². The number of carbonyl (C=O) groups excluding carboxylic acids is 2. The van der Waals surface area contributed by atoms with Crippen molar-refractivity contribution in [2.75, 3.05) is 6.61 Å². The Balaban J connectivity index is 5.36. The van der Waals surface area contributed by atoms with Crippen molar-refractivity contribution >= 4 is 22.0 Å². The molecule has 1 amide bonds. The van der Waals surface area contributed by atoms with E-state index in [1.54, 1.807) is 0 Å².